The van der Waals surface area contributed by atoms with Crippen LogP contribution >= 0.6 is 0 Å². The maximum absolute atomic E-state index is 11.7. The summed E-state index contributed by atoms with van der Waals surface area (Å²) >= 11 is 0. The molecule has 1 heterocycles. The summed E-state index contributed by atoms with van der Waals surface area (Å²) < 4.78 is 40.2. The Hall–Kier alpha value is -0.840. The fourth-order valence-corrected chi connectivity index (χ4v) is 1.22. The van der Waals surface area contributed by atoms with Gasteiger partial charge in [-0.1, -0.05) is 6.08 Å². The number of aldehydes is 1. The van der Waals surface area contributed by atoms with E-state index < -0.39 is 12.6 Å². The summed E-state index contributed by atoms with van der Waals surface area (Å²) in [7, 11) is 0. The first-order valence-electron chi connectivity index (χ1n) is 4.37. The second-order valence-corrected chi connectivity index (χ2v) is 3.17. The van der Waals surface area contributed by atoms with Crippen molar-refractivity contribution in [2.75, 3.05) is 0 Å². The van der Waals surface area contributed by atoms with Crippen LogP contribution in [0.15, 0.2) is 12.2 Å². The van der Waals surface area contributed by atoms with Gasteiger partial charge in [0.1, 0.15) is 12.4 Å². The van der Waals surface area contributed by atoms with Crippen LogP contribution in [0.4, 0.5) is 13.2 Å². The van der Waals surface area contributed by atoms with Gasteiger partial charge in [0, 0.05) is 6.42 Å². The SMILES string of the molecule is O=C/C=C/[C@H]1O[C@@H]1CCCC(F)(F)F. The van der Waals surface area contributed by atoms with Crippen LogP contribution in [0.1, 0.15) is 19.3 Å². The minimum absolute atomic E-state index is 0.0829. The molecule has 0 spiro atoms. The van der Waals surface area contributed by atoms with Crippen molar-refractivity contribution in [3.8, 4) is 0 Å². The van der Waals surface area contributed by atoms with E-state index in [1.807, 2.05) is 0 Å². The molecule has 2 atom stereocenters. The standard InChI is InChI=1S/C9H11F3O2/c10-9(11,12)5-1-3-7-8(14-7)4-2-6-13/h2,4,6-8H,1,3,5H2/b4-2+/t7-,8-/m1/s1. The molecule has 1 aliphatic heterocycles. The third-order valence-corrected chi connectivity index (χ3v) is 1.95. The molecule has 0 saturated carbocycles. The van der Waals surface area contributed by atoms with E-state index in [1.165, 1.54) is 6.08 Å². The van der Waals surface area contributed by atoms with Gasteiger partial charge in [-0.25, -0.2) is 0 Å². The van der Waals surface area contributed by atoms with Gasteiger partial charge in [0.2, 0.25) is 0 Å². The lowest BCUT2D eigenvalue weighted by Crippen LogP contribution is -2.07. The van der Waals surface area contributed by atoms with Gasteiger partial charge in [-0.05, 0) is 18.9 Å². The van der Waals surface area contributed by atoms with Gasteiger partial charge in [-0.2, -0.15) is 13.2 Å². The lowest BCUT2D eigenvalue weighted by atomic mass is 10.1. The normalized spacial score (nSPS) is 26.8. The maximum Gasteiger partial charge on any atom is 0.389 e. The van der Waals surface area contributed by atoms with Crippen LogP contribution in [0.3, 0.4) is 0 Å². The molecular formula is C9H11F3O2. The van der Waals surface area contributed by atoms with E-state index in [0.29, 0.717) is 12.7 Å². The molecule has 1 rings (SSSR count). The van der Waals surface area contributed by atoms with Gasteiger partial charge in [-0.15, -0.1) is 0 Å². The van der Waals surface area contributed by atoms with E-state index in [2.05, 4.69) is 0 Å². The van der Waals surface area contributed by atoms with Crippen molar-refractivity contribution < 1.29 is 22.7 Å². The van der Waals surface area contributed by atoms with Crippen molar-refractivity contribution in [1.82, 2.24) is 0 Å². The lowest BCUT2D eigenvalue weighted by Gasteiger charge is -2.03. The first kappa shape index (κ1) is 11.2. The number of halogens is 3. The average Bonchev–Trinajstić information content (AvgIpc) is 2.78. The number of alkyl halides is 3. The Bertz CT molecular complexity index is 223. The number of ether oxygens (including phenoxy) is 1. The highest BCUT2D eigenvalue weighted by Gasteiger charge is 2.37. The molecule has 0 aromatic heterocycles. The maximum atomic E-state index is 11.7. The Kier molecular flexibility index (Phi) is 3.69. The zero-order valence-corrected chi connectivity index (χ0v) is 7.46. The first-order valence-corrected chi connectivity index (χ1v) is 4.37. The minimum atomic E-state index is -4.08. The summed E-state index contributed by atoms with van der Waals surface area (Å²) in [6.07, 6.45) is -1.18. The van der Waals surface area contributed by atoms with E-state index in [4.69, 9.17) is 4.74 Å². The van der Waals surface area contributed by atoms with Gasteiger partial charge in [0.25, 0.3) is 0 Å². The Morgan fingerprint density at radius 2 is 2.07 bits per heavy atom. The topological polar surface area (TPSA) is 29.6 Å². The van der Waals surface area contributed by atoms with Crippen molar-refractivity contribution in [3.05, 3.63) is 12.2 Å². The number of allylic oxidation sites excluding steroid dienone is 1. The molecule has 0 aromatic rings. The van der Waals surface area contributed by atoms with Crippen molar-refractivity contribution in [2.45, 2.75) is 37.6 Å². The van der Waals surface area contributed by atoms with Crippen LogP contribution in [-0.4, -0.2) is 24.7 Å². The van der Waals surface area contributed by atoms with Crippen LogP contribution in [0.2, 0.25) is 0 Å². The monoisotopic (exact) mass is 208 g/mol. The van der Waals surface area contributed by atoms with E-state index in [9.17, 15) is 18.0 Å². The van der Waals surface area contributed by atoms with Crippen molar-refractivity contribution in [2.24, 2.45) is 0 Å². The Morgan fingerprint density at radius 3 is 2.64 bits per heavy atom. The van der Waals surface area contributed by atoms with Gasteiger partial charge < -0.3 is 4.74 Å². The van der Waals surface area contributed by atoms with Crippen LogP contribution in [0.5, 0.6) is 0 Å². The molecule has 1 saturated heterocycles. The number of hydrogen-bond acceptors (Lipinski definition) is 2. The van der Waals surface area contributed by atoms with Crippen LogP contribution in [0, 0.1) is 0 Å². The summed E-state index contributed by atoms with van der Waals surface area (Å²) in [5, 5.41) is 0. The Balaban J connectivity index is 2.06. The minimum Gasteiger partial charge on any atom is -0.365 e. The molecule has 5 heteroatoms. The first-order chi connectivity index (χ1) is 6.53. The molecule has 0 unspecified atom stereocenters. The summed E-state index contributed by atoms with van der Waals surface area (Å²) in [5.41, 5.74) is 0. The summed E-state index contributed by atoms with van der Waals surface area (Å²) in [5.74, 6) is 0. The predicted octanol–water partition coefficient (Wildman–Crippen LogP) is 2.24. The summed E-state index contributed by atoms with van der Waals surface area (Å²) in [6, 6.07) is 0. The molecule has 0 N–H and O–H groups in total. The molecule has 1 fully saturated rings. The quantitative estimate of drug-likeness (QED) is 0.394. The summed E-state index contributed by atoms with van der Waals surface area (Å²) in [4.78, 5) is 9.90. The average molecular weight is 208 g/mol. The highest BCUT2D eigenvalue weighted by Crippen LogP contribution is 2.30. The predicted molar refractivity (Wildman–Crippen MR) is 43.8 cm³/mol. The Labute approximate surface area is 79.7 Å². The van der Waals surface area contributed by atoms with Gasteiger partial charge in [-0.3, -0.25) is 4.79 Å². The third kappa shape index (κ3) is 4.41. The largest absolute Gasteiger partial charge is 0.389 e. The fourth-order valence-electron chi connectivity index (χ4n) is 1.22. The molecule has 0 bridgehead atoms. The molecule has 14 heavy (non-hydrogen) atoms. The number of rotatable bonds is 5. The van der Waals surface area contributed by atoms with E-state index in [-0.39, 0.29) is 18.6 Å². The Morgan fingerprint density at radius 1 is 1.36 bits per heavy atom. The van der Waals surface area contributed by atoms with Gasteiger partial charge >= 0.3 is 6.18 Å². The smallest absolute Gasteiger partial charge is 0.365 e. The third-order valence-electron chi connectivity index (χ3n) is 1.95. The van der Waals surface area contributed by atoms with Crippen molar-refractivity contribution in [1.29, 1.82) is 0 Å². The number of hydrogen-bond donors (Lipinski definition) is 0. The number of carbonyl (C=O) groups excluding carboxylic acids is 1. The highest BCUT2D eigenvalue weighted by molar-refractivity contribution is 5.64. The van der Waals surface area contributed by atoms with Crippen molar-refractivity contribution in [3.63, 3.8) is 0 Å². The molecule has 0 radical (unpaired) electrons. The van der Waals surface area contributed by atoms with Crippen LogP contribution in [0.25, 0.3) is 0 Å². The van der Waals surface area contributed by atoms with E-state index in [0.717, 1.165) is 0 Å². The number of carbonyl (C=O) groups is 1. The molecule has 80 valence electrons. The van der Waals surface area contributed by atoms with Gasteiger partial charge in [0.05, 0.1) is 6.10 Å². The molecule has 0 amide bonds. The molecule has 1 aliphatic rings. The van der Waals surface area contributed by atoms with Crippen LogP contribution in [-0.2, 0) is 9.53 Å². The molecule has 2 nitrogen and oxygen atoms in total. The second-order valence-electron chi connectivity index (χ2n) is 3.17. The zero-order valence-electron chi connectivity index (χ0n) is 7.46. The van der Waals surface area contributed by atoms with E-state index in [1.54, 1.807) is 6.08 Å². The molecular weight excluding hydrogens is 197 g/mol. The highest BCUT2D eigenvalue weighted by atomic mass is 19.4. The van der Waals surface area contributed by atoms with E-state index >= 15 is 0 Å². The van der Waals surface area contributed by atoms with Crippen molar-refractivity contribution >= 4 is 6.29 Å². The summed E-state index contributed by atoms with van der Waals surface area (Å²) in [6.45, 7) is 0. The van der Waals surface area contributed by atoms with Gasteiger partial charge in [0.15, 0.2) is 0 Å². The van der Waals surface area contributed by atoms with Crippen LogP contribution < -0.4 is 0 Å². The zero-order chi connectivity index (χ0) is 10.6. The molecule has 0 aliphatic carbocycles. The molecule has 0 aromatic carbocycles. The lowest BCUT2D eigenvalue weighted by molar-refractivity contribution is -0.135. The number of epoxide rings is 1. The fraction of sp³-hybridized carbons (Fsp3) is 0.667. The second kappa shape index (κ2) is 4.59.